The zero-order chi connectivity index (χ0) is 12.1. The molecule has 0 radical (unpaired) electrons. The molecule has 0 saturated carbocycles. The lowest BCUT2D eigenvalue weighted by molar-refractivity contribution is -0.119. The van der Waals surface area contributed by atoms with Crippen LogP contribution in [0.2, 0.25) is 5.02 Å². The molecule has 0 aliphatic carbocycles. The molecule has 0 aromatic heterocycles. The highest BCUT2D eigenvalue weighted by Gasteiger charge is 2.13. The van der Waals surface area contributed by atoms with E-state index in [1.54, 1.807) is 0 Å². The van der Waals surface area contributed by atoms with Crippen molar-refractivity contribution in [1.82, 2.24) is 5.32 Å². The highest BCUT2D eigenvalue weighted by Crippen LogP contribution is 2.23. The van der Waals surface area contributed by atoms with Crippen molar-refractivity contribution in [3.05, 3.63) is 28.8 Å². The molecule has 5 heteroatoms. The van der Waals surface area contributed by atoms with Gasteiger partial charge in [0.05, 0.1) is 0 Å². The van der Waals surface area contributed by atoms with E-state index in [0.717, 1.165) is 11.3 Å². The van der Waals surface area contributed by atoms with Crippen LogP contribution >= 0.6 is 24.0 Å². The van der Waals surface area contributed by atoms with Crippen molar-refractivity contribution >= 4 is 35.6 Å². The summed E-state index contributed by atoms with van der Waals surface area (Å²) in [4.78, 5) is 11.8. The third kappa shape index (κ3) is 4.54. The average Bonchev–Trinajstić information content (AvgIpc) is 2.25. The number of nitrogens with one attached hydrogen (secondary N) is 2. The van der Waals surface area contributed by atoms with Gasteiger partial charge in [0.1, 0.15) is 0 Å². The fourth-order valence-electron chi connectivity index (χ4n) is 1.40. The van der Waals surface area contributed by atoms with Gasteiger partial charge < -0.3 is 10.6 Å². The van der Waals surface area contributed by atoms with E-state index in [1.807, 2.05) is 39.1 Å². The van der Waals surface area contributed by atoms with E-state index in [1.165, 1.54) is 0 Å². The maximum Gasteiger partial charge on any atom is 0.228 e. The Morgan fingerprint density at radius 3 is 2.71 bits per heavy atom. The number of carbonyl (C=O) groups excluding carboxylic acids is 1. The first-order valence-corrected chi connectivity index (χ1v) is 5.64. The van der Waals surface area contributed by atoms with Crippen molar-refractivity contribution in [3.63, 3.8) is 0 Å². The maximum atomic E-state index is 11.8. The smallest absolute Gasteiger partial charge is 0.228 e. The molecule has 0 aliphatic heterocycles. The van der Waals surface area contributed by atoms with Gasteiger partial charge >= 0.3 is 0 Å². The molecule has 0 spiro atoms. The van der Waals surface area contributed by atoms with E-state index in [0.29, 0.717) is 11.6 Å². The van der Waals surface area contributed by atoms with Crippen LogP contribution in [0.1, 0.15) is 12.5 Å². The summed E-state index contributed by atoms with van der Waals surface area (Å²) >= 11 is 5.97. The SMILES string of the molecule is CNCC(C)C(=O)Nc1cccc(Cl)c1C.Cl. The van der Waals surface area contributed by atoms with Crippen LogP contribution < -0.4 is 10.6 Å². The Balaban J connectivity index is 0.00000256. The fourth-order valence-corrected chi connectivity index (χ4v) is 1.57. The second-order valence-corrected chi connectivity index (χ2v) is 4.27. The zero-order valence-electron chi connectivity index (χ0n) is 10.2. The third-order valence-electron chi connectivity index (χ3n) is 2.48. The van der Waals surface area contributed by atoms with Gasteiger partial charge in [-0.25, -0.2) is 0 Å². The lowest BCUT2D eigenvalue weighted by Gasteiger charge is -2.13. The minimum absolute atomic E-state index is 0. The fraction of sp³-hybridized carbons (Fsp3) is 0.417. The monoisotopic (exact) mass is 276 g/mol. The van der Waals surface area contributed by atoms with Gasteiger partial charge in [-0.3, -0.25) is 4.79 Å². The summed E-state index contributed by atoms with van der Waals surface area (Å²) in [5.41, 5.74) is 1.68. The van der Waals surface area contributed by atoms with Crippen molar-refractivity contribution in [1.29, 1.82) is 0 Å². The number of rotatable bonds is 4. The third-order valence-corrected chi connectivity index (χ3v) is 2.89. The number of carbonyl (C=O) groups is 1. The Hall–Kier alpha value is -0.770. The highest BCUT2D eigenvalue weighted by molar-refractivity contribution is 6.31. The molecular weight excluding hydrogens is 259 g/mol. The van der Waals surface area contributed by atoms with Crippen LogP contribution in [0.3, 0.4) is 0 Å². The van der Waals surface area contributed by atoms with Gasteiger partial charge in [-0.15, -0.1) is 12.4 Å². The zero-order valence-corrected chi connectivity index (χ0v) is 11.8. The minimum atomic E-state index is -0.0663. The molecule has 1 atom stereocenters. The van der Waals surface area contributed by atoms with Crippen LogP contribution in [0.5, 0.6) is 0 Å². The maximum absolute atomic E-state index is 11.8. The number of hydrogen-bond acceptors (Lipinski definition) is 2. The van der Waals surface area contributed by atoms with Crippen LogP contribution in [0.15, 0.2) is 18.2 Å². The molecule has 17 heavy (non-hydrogen) atoms. The second kappa shape index (κ2) is 7.54. The molecule has 0 heterocycles. The van der Waals surface area contributed by atoms with Crippen LogP contribution in [-0.4, -0.2) is 19.5 Å². The largest absolute Gasteiger partial charge is 0.326 e. The minimum Gasteiger partial charge on any atom is -0.326 e. The van der Waals surface area contributed by atoms with Crippen LogP contribution in [0, 0.1) is 12.8 Å². The lowest BCUT2D eigenvalue weighted by Crippen LogP contribution is -2.28. The van der Waals surface area contributed by atoms with E-state index >= 15 is 0 Å². The lowest BCUT2D eigenvalue weighted by atomic mass is 10.1. The van der Waals surface area contributed by atoms with Gasteiger partial charge in [0.25, 0.3) is 0 Å². The number of benzene rings is 1. The number of halogens is 2. The Bertz CT molecular complexity index is 383. The Labute approximate surface area is 113 Å². The summed E-state index contributed by atoms with van der Waals surface area (Å²) in [5.74, 6) is -0.0666. The summed E-state index contributed by atoms with van der Waals surface area (Å²) < 4.78 is 0. The first-order chi connectivity index (χ1) is 7.56. The Morgan fingerprint density at radius 1 is 1.47 bits per heavy atom. The Morgan fingerprint density at radius 2 is 2.12 bits per heavy atom. The quantitative estimate of drug-likeness (QED) is 0.888. The molecule has 1 unspecified atom stereocenters. The molecule has 96 valence electrons. The van der Waals surface area contributed by atoms with Gasteiger partial charge in [0.15, 0.2) is 0 Å². The molecule has 2 N–H and O–H groups in total. The molecule has 0 saturated heterocycles. The van der Waals surface area contributed by atoms with Crippen LogP contribution in [-0.2, 0) is 4.79 Å². The number of anilines is 1. The summed E-state index contributed by atoms with van der Waals surface area (Å²) in [6, 6.07) is 5.49. The summed E-state index contributed by atoms with van der Waals surface area (Å²) in [6.07, 6.45) is 0. The van der Waals surface area contributed by atoms with E-state index in [2.05, 4.69) is 10.6 Å². The molecule has 0 fully saturated rings. The molecule has 3 nitrogen and oxygen atoms in total. The summed E-state index contributed by atoms with van der Waals surface area (Å²) in [6.45, 7) is 4.43. The van der Waals surface area contributed by atoms with Crippen molar-refractivity contribution in [2.24, 2.45) is 5.92 Å². The first-order valence-electron chi connectivity index (χ1n) is 5.26. The predicted octanol–water partition coefficient (Wildman–Crippen LogP) is 2.86. The van der Waals surface area contributed by atoms with E-state index in [4.69, 9.17) is 11.6 Å². The summed E-state index contributed by atoms with van der Waals surface area (Å²) in [7, 11) is 1.83. The standard InChI is InChI=1S/C12H17ClN2O.ClH/c1-8(7-14-3)12(16)15-11-6-4-5-10(13)9(11)2;/h4-6,8,14H,7H2,1-3H3,(H,15,16);1H. The van der Waals surface area contributed by atoms with Gasteiger partial charge in [-0.2, -0.15) is 0 Å². The Kier molecular flexibility index (Phi) is 7.19. The van der Waals surface area contributed by atoms with Gasteiger partial charge in [-0.1, -0.05) is 24.6 Å². The highest BCUT2D eigenvalue weighted by atomic mass is 35.5. The van der Waals surface area contributed by atoms with Crippen LogP contribution in [0.25, 0.3) is 0 Å². The molecule has 0 aliphatic rings. The van der Waals surface area contributed by atoms with Crippen molar-refractivity contribution in [2.75, 3.05) is 18.9 Å². The summed E-state index contributed by atoms with van der Waals surface area (Å²) in [5, 5.41) is 6.51. The normalized spacial score (nSPS) is 11.5. The molecule has 1 aromatic rings. The van der Waals surface area contributed by atoms with Crippen molar-refractivity contribution in [2.45, 2.75) is 13.8 Å². The molecule has 1 amide bonds. The van der Waals surface area contributed by atoms with E-state index < -0.39 is 0 Å². The number of hydrogen-bond donors (Lipinski definition) is 2. The first kappa shape index (κ1) is 16.2. The van der Waals surface area contributed by atoms with Crippen molar-refractivity contribution in [3.8, 4) is 0 Å². The second-order valence-electron chi connectivity index (χ2n) is 3.86. The van der Waals surface area contributed by atoms with Gasteiger partial charge in [-0.05, 0) is 31.7 Å². The number of amides is 1. The molecule has 1 aromatic carbocycles. The van der Waals surface area contributed by atoms with Crippen molar-refractivity contribution < 1.29 is 4.79 Å². The van der Waals surface area contributed by atoms with Crippen LogP contribution in [0.4, 0.5) is 5.69 Å². The molecule has 1 rings (SSSR count). The van der Waals surface area contributed by atoms with Gasteiger partial charge in [0.2, 0.25) is 5.91 Å². The van der Waals surface area contributed by atoms with E-state index in [-0.39, 0.29) is 24.2 Å². The molecular formula is C12H18Cl2N2O. The predicted molar refractivity (Wildman–Crippen MR) is 75.2 cm³/mol. The average molecular weight is 277 g/mol. The van der Waals surface area contributed by atoms with Gasteiger partial charge in [0, 0.05) is 23.2 Å². The van der Waals surface area contributed by atoms with E-state index in [9.17, 15) is 4.79 Å². The molecule has 0 bridgehead atoms. The topological polar surface area (TPSA) is 41.1 Å².